The zero-order valence-electron chi connectivity index (χ0n) is 13.4. The number of nitrogen functional groups attached to an aromatic ring is 1. The van der Waals surface area contributed by atoms with Gasteiger partial charge in [-0.05, 0) is 24.3 Å². The monoisotopic (exact) mass is 374 g/mol. The number of anilines is 1. The molecule has 0 aliphatic carbocycles. The molecule has 1 heterocycles. The fraction of sp³-hybridized carbons (Fsp3) is 0.375. The van der Waals surface area contributed by atoms with Crippen molar-refractivity contribution in [3.8, 4) is 0 Å². The van der Waals surface area contributed by atoms with Crippen LogP contribution in [0.5, 0.6) is 0 Å². The van der Waals surface area contributed by atoms with Crippen molar-refractivity contribution in [2.75, 3.05) is 45.0 Å². The Kier molecular flexibility index (Phi) is 10.1. The van der Waals surface area contributed by atoms with Crippen LogP contribution in [-0.2, 0) is 4.79 Å². The number of benzene rings is 1. The molecule has 0 atom stereocenters. The molecule has 8 heteroatoms. The van der Waals surface area contributed by atoms with E-state index in [1.54, 1.807) is 30.3 Å². The Labute approximate surface area is 154 Å². The largest absolute Gasteiger partial charge is 0.399 e. The lowest BCUT2D eigenvalue weighted by Crippen LogP contribution is -2.51. The van der Waals surface area contributed by atoms with Crippen LogP contribution in [0.3, 0.4) is 0 Å². The molecule has 1 aromatic carbocycles. The van der Waals surface area contributed by atoms with E-state index < -0.39 is 0 Å². The topological polar surface area (TPSA) is 78.7 Å². The number of amides is 2. The summed E-state index contributed by atoms with van der Waals surface area (Å²) in [6.45, 7) is 7.04. The molecule has 1 aromatic rings. The van der Waals surface area contributed by atoms with Crippen molar-refractivity contribution in [3.63, 3.8) is 0 Å². The van der Waals surface area contributed by atoms with E-state index >= 15 is 0 Å². The van der Waals surface area contributed by atoms with Crippen molar-refractivity contribution in [2.45, 2.75) is 0 Å². The van der Waals surface area contributed by atoms with Crippen LogP contribution in [0, 0.1) is 0 Å². The molecule has 24 heavy (non-hydrogen) atoms. The summed E-state index contributed by atoms with van der Waals surface area (Å²) >= 11 is 0. The lowest BCUT2D eigenvalue weighted by Gasteiger charge is -2.34. The molecule has 0 bridgehead atoms. The molecular formula is C16H24Cl2N4O2. The predicted octanol–water partition coefficient (Wildman–Crippen LogP) is 1.17. The number of carbonyl (C=O) groups is 2. The van der Waals surface area contributed by atoms with Gasteiger partial charge < -0.3 is 16.0 Å². The van der Waals surface area contributed by atoms with Crippen LogP contribution in [-0.4, -0.2) is 60.9 Å². The SMILES string of the molecule is C=CCNC(=O)CN1CCN(C(=O)c2ccc(N)cc2)CC1.Cl.Cl. The highest BCUT2D eigenvalue weighted by atomic mass is 35.5. The number of hydrogen-bond donors (Lipinski definition) is 2. The van der Waals surface area contributed by atoms with Crippen LogP contribution in [0.25, 0.3) is 0 Å². The average molecular weight is 375 g/mol. The minimum Gasteiger partial charge on any atom is -0.399 e. The van der Waals surface area contributed by atoms with Crippen molar-refractivity contribution >= 4 is 42.3 Å². The Bertz CT molecular complexity index is 544. The Morgan fingerprint density at radius 2 is 1.71 bits per heavy atom. The zero-order valence-corrected chi connectivity index (χ0v) is 15.1. The number of rotatable bonds is 5. The first-order valence-corrected chi connectivity index (χ1v) is 7.35. The molecular weight excluding hydrogens is 351 g/mol. The van der Waals surface area contributed by atoms with Crippen LogP contribution >= 0.6 is 24.8 Å². The third kappa shape index (κ3) is 6.39. The van der Waals surface area contributed by atoms with Gasteiger partial charge in [-0.3, -0.25) is 14.5 Å². The molecule has 0 aromatic heterocycles. The lowest BCUT2D eigenvalue weighted by atomic mass is 10.1. The third-order valence-electron chi connectivity index (χ3n) is 3.63. The van der Waals surface area contributed by atoms with Gasteiger partial charge >= 0.3 is 0 Å². The molecule has 0 unspecified atom stereocenters. The minimum absolute atomic E-state index is 0. The number of halogens is 2. The number of hydrogen-bond acceptors (Lipinski definition) is 4. The molecule has 0 radical (unpaired) electrons. The van der Waals surface area contributed by atoms with Crippen molar-refractivity contribution < 1.29 is 9.59 Å². The van der Waals surface area contributed by atoms with Crippen molar-refractivity contribution in [2.24, 2.45) is 0 Å². The second-order valence-corrected chi connectivity index (χ2v) is 5.28. The highest BCUT2D eigenvalue weighted by molar-refractivity contribution is 5.94. The van der Waals surface area contributed by atoms with Gasteiger partial charge in [0.2, 0.25) is 5.91 Å². The van der Waals surface area contributed by atoms with Gasteiger partial charge in [-0.25, -0.2) is 0 Å². The van der Waals surface area contributed by atoms with Gasteiger partial charge in [-0.1, -0.05) is 6.08 Å². The van der Waals surface area contributed by atoms with Gasteiger partial charge in [-0.15, -0.1) is 31.4 Å². The van der Waals surface area contributed by atoms with Crippen LogP contribution in [0.2, 0.25) is 0 Å². The van der Waals surface area contributed by atoms with Crippen LogP contribution < -0.4 is 11.1 Å². The number of nitrogens with two attached hydrogens (primary N) is 1. The van der Waals surface area contributed by atoms with Gasteiger partial charge in [0.1, 0.15) is 0 Å². The van der Waals surface area contributed by atoms with Gasteiger partial charge in [-0.2, -0.15) is 0 Å². The third-order valence-corrected chi connectivity index (χ3v) is 3.63. The van der Waals surface area contributed by atoms with Gasteiger partial charge in [0, 0.05) is 44.0 Å². The molecule has 6 nitrogen and oxygen atoms in total. The summed E-state index contributed by atoms with van der Waals surface area (Å²) in [5.41, 5.74) is 6.92. The second kappa shape index (κ2) is 10.9. The maximum absolute atomic E-state index is 12.4. The molecule has 2 amide bonds. The van der Waals surface area contributed by atoms with E-state index in [9.17, 15) is 9.59 Å². The smallest absolute Gasteiger partial charge is 0.253 e. The maximum atomic E-state index is 12.4. The predicted molar refractivity (Wildman–Crippen MR) is 101 cm³/mol. The number of piperazine rings is 1. The molecule has 1 aliphatic heterocycles. The average Bonchev–Trinajstić information content (AvgIpc) is 2.54. The van der Waals surface area contributed by atoms with Crippen LogP contribution in [0.1, 0.15) is 10.4 Å². The fourth-order valence-corrected chi connectivity index (χ4v) is 2.36. The van der Waals surface area contributed by atoms with E-state index in [0.717, 1.165) is 0 Å². The second-order valence-electron chi connectivity index (χ2n) is 5.28. The van der Waals surface area contributed by atoms with Crippen molar-refractivity contribution in [1.82, 2.24) is 15.1 Å². The van der Waals surface area contributed by atoms with Crippen molar-refractivity contribution in [3.05, 3.63) is 42.5 Å². The molecule has 3 N–H and O–H groups in total. The highest BCUT2D eigenvalue weighted by Gasteiger charge is 2.23. The number of nitrogens with one attached hydrogen (secondary N) is 1. The first-order valence-electron chi connectivity index (χ1n) is 7.35. The quantitative estimate of drug-likeness (QED) is 0.598. The molecule has 1 fully saturated rings. The maximum Gasteiger partial charge on any atom is 0.253 e. The first kappa shape index (κ1) is 22.2. The van der Waals surface area contributed by atoms with Gasteiger partial charge in [0.05, 0.1) is 6.54 Å². The number of carbonyl (C=O) groups excluding carboxylic acids is 2. The van der Waals surface area contributed by atoms with Crippen LogP contribution in [0.15, 0.2) is 36.9 Å². The van der Waals surface area contributed by atoms with Crippen molar-refractivity contribution in [1.29, 1.82) is 0 Å². The molecule has 2 rings (SSSR count). The normalized spacial score (nSPS) is 14.1. The fourth-order valence-electron chi connectivity index (χ4n) is 2.36. The molecule has 0 saturated carbocycles. The Balaban J connectivity index is 0.00000264. The van der Waals surface area contributed by atoms with E-state index in [1.165, 1.54) is 0 Å². The van der Waals surface area contributed by atoms with E-state index in [1.807, 2.05) is 9.80 Å². The van der Waals surface area contributed by atoms with E-state index in [0.29, 0.717) is 50.5 Å². The van der Waals surface area contributed by atoms with E-state index in [-0.39, 0.29) is 36.6 Å². The zero-order chi connectivity index (χ0) is 15.9. The Hall–Kier alpha value is -1.76. The molecule has 1 aliphatic rings. The summed E-state index contributed by atoms with van der Waals surface area (Å²) in [7, 11) is 0. The summed E-state index contributed by atoms with van der Waals surface area (Å²) in [6, 6.07) is 6.94. The summed E-state index contributed by atoms with van der Waals surface area (Å²) in [5, 5.41) is 2.75. The van der Waals surface area contributed by atoms with Gasteiger partial charge in [0.15, 0.2) is 0 Å². The summed E-state index contributed by atoms with van der Waals surface area (Å²) in [5.74, 6) is -0.00558. The van der Waals surface area contributed by atoms with Gasteiger partial charge in [0.25, 0.3) is 5.91 Å². The van der Waals surface area contributed by atoms with Crippen LogP contribution in [0.4, 0.5) is 5.69 Å². The summed E-state index contributed by atoms with van der Waals surface area (Å²) in [4.78, 5) is 27.9. The first-order chi connectivity index (χ1) is 10.6. The minimum atomic E-state index is -0.0155. The molecule has 0 spiro atoms. The molecule has 134 valence electrons. The molecule has 1 saturated heterocycles. The Morgan fingerprint density at radius 1 is 1.12 bits per heavy atom. The van der Waals surface area contributed by atoms with E-state index in [2.05, 4.69) is 11.9 Å². The summed E-state index contributed by atoms with van der Waals surface area (Å²) < 4.78 is 0. The Morgan fingerprint density at radius 3 is 2.25 bits per heavy atom. The standard InChI is InChI=1S/C16H22N4O2.2ClH/c1-2-7-18-15(21)12-19-8-10-20(11-9-19)16(22)13-3-5-14(17)6-4-13;;/h2-6H,1,7-12,17H2,(H,18,21);2*1H. The highest BCUT2D eigenvalue weighted by Crippen LogP contribution is 2.11. The van der Waals surface area contributed by atoms with E-state index in [4.69, 9.17) is 5.73 Å². The summed E-state index contributed by atoms with van der Waals surface area (Å²) in [6.07, 6.45) is 1.65. The lowest BCUT2D eigenvalue weighted by molar-refractivity contribution is -0.122. The number of nitrogens with zero attached hydrogens (tertiary/aromatic N) is 2.